The Balaban J connectivity index is 2.11. The minimum absolute atomic E-state index is 0.244. The summed E-state index contributed by atoms with van der Waals surface area (Å²) in [4.78, 5) is 14.0. The van der Waals surface area contributed by atoms with Gasteiger partial charge in [0, 0.05) is 18.7 Å². The van der Waals surface area contributed by atoms with Gasteiger partial charge < -0.3 is 9.64 Å². The fourth-order valence-corrected chi connectivity index (χ4v) is 1.95. The monoisotopic (exact) mass is 273 g/mol. The highest BCUT2D eigenvalue weighted by molar-refractivity contribution is 5.99. The van der Waals surface area contributed by atoms with Gasteiger partial charge in [0.25, 0.3) is 0 Å². The van der Waals surface area contributed by atoms with E-state index >= 15 is 0 Å². The first-order chi connectivity index (χ1) is 8.88. The Labute approximate surface area is 109 Å². The van der Waals surface area contributed by atoms with Crippen LogP contribution in [0, 0.1) is 0 Å². The van der Waals surface area contributed by atoms with E-state index in [0.717, 1.165) is 18.7 Å². The van der Waals surface area contributed by atoms with Gasteiger partial charge in [-0.05, 0) is 19.2 Å². The molecule has 0 aromatic heterocycles. The number of carbonyl (C=O) groups is 1. The van der Waals surface area contributed by atoms with E-state index in [4.69, 9.17) is 4.74 Å². The third-order valence-electron chi connectivity index (χ3n) is 3.06. The number of ether oxygens (including phenoxy) is 1. The third-order valence-corrected chi connectivity index (χ3v) is 3.06. The molecule has 0 amide bonds. The molecule has 1 aliphatic heterocycles. The number of alkyl halides is 3. The normalized spacial score (nSPS) is 21.4. The predicted molar refractivity (Wildman–Crippen MR) is 63.0 cm³/mol. The van der Waals surface area contributed by atoms with Gasteiger partial charge in [-0.15, -0.1) is 0 Å². The molecule has 1 aliphatic rings. The number of ketones is 1. The smallest absolute Gasteiger partial charge is 0.367 e. The number of hydrogen-bond acceptors (Lipinski definition) is 3. The lowest BCUT2D eigenvalue weighted by atomic mass is 10.0. The molecule has 2 rings (SSSR count). The lowest BCUT2D eigenvalue weighted by molar-refractivity contribution is -0.137. The topological polar surface area (TPSA) is 29.5 Å². The molecule has 1 aromatic rings. The average Bonchev–Trinajstić information content (AvgIpc) is 2.37. The summed E-state index contributed by atoms with van der Waals surface area (Å²) in [5.41, 5.74) is -0.515. The van der Waals surface area contributed by atoms with Gasteiger partial charge in [0.05, 0.1) is 12.2 Å². The van der Waals surface area contributed by atoms with Crippen molar-refractivity contribution in [3.05, 3.63) is 35.4 Å². The number of halogens is 3. The van der Waals surface area contributed by atoms with Gasteiger partial charge in [-0.25, -0.2) is 0 Å². The number of morpholine rings is 1. The van der Waals surface area contributed by atoms with Crippen molar-refractivity contribution in [2.24, 2.45) is 0 Å². The molecule has 0 spiro atoms. The molecule has 0 bridgehead atoms. The largest absolute Gasteiger partial charge is 0.416 e. The predicted octanol–water partition coefficient (Wildman–Crippen LogP) is 2.22. The first kappa shape index (κ1) is 14.0. The number of nitrogens with zero attached hydrogens (tertiary/aromatic N) is 1. The molecule has 3 nitrogen and oxygen atoms in total. The van der Waals surface area contributed by atoms with Crippen LogP contribution in [0.2, 0.25) is 0 Å². The Hall–Kier alpha value is -1.40. The molecular formula is C13H14F3NO2. The van der Waals surface area contributed by atoms with Crippen LogP contribution in [0.5, 0.6) is 0 Å². The van der Waals surface area contributed by atoms with Crippen molar-refractivity contribution in [1.29, 1.82) is 0 Å². The van der Waals surface area contributed by atoms with E-state index in [9.17, 15) is 18.0 Å². The summed E-state index contributed by atoms with van der Waals surface area (Å²) in [5, 5.41) is 0. The molecule has 1 saturated heterocycles. The Bertz CT molecular complexity index is 456. The van der Waals surface area contributed by atoms with Crippen molar-refractivity contribution in [2.75, 3.05) is 26.7 Å². The molecule has 1 fully saturated rings. The summed E-state index contributed by atoms with van der Waals surface area (Å²) in [7, 11) is 1.87. The van der Waals surface area contributed by atoms with E-state index in [1.54, 1.807) is 0 Å². The molecule has 1 aromatic carbocycles. The third kappa shape index (κ3) is 3.33. The maximum absolute atomic E-state index is 12.4. The lowest BCUT2D eigenvalue weighted by Gasteiger charge is -2.29. The van der Waals surface area contributed by atoms with Crippen LogP contribution in [0.1, 0.15) is 15.9 Å². The van der Waals surface area contributed by atoms with Crippen LogP contribution >= 0.6 is 0 Å². The highest BCUT2D eigenvalue weighted by Gasteiger charge is 2.31. The number of likely N-dealkylation sites (N-methyl/N-ethyl adjacent to an activating group) is 1. The van der Waals surface area contributed by atoms with E-state index in [1.807, 2.05) is 11.9 Å². The molecule has 104 valence electrons. The molecule has 0 saturated carbocycles. The molecule has 0 aliphatic carbocycles. The van der Waals surface area contributed by atoms with Gasteiger partial charge in [-0.2, -0.15) is 13.2 Å². The fraction of sp³-hybridized carbons (Fsp3) is 0.462. The van der Waals surface area contributed by atoms with Gasteiger partial charge in [-0.3, -0.25) is 4.79 Å². The molecule has 19 heavy (non-hydrogen) atoms. The van der Waals surface area contributed by atoms with Crippen LogP contribution in [-0.2, 0) is 10.9 Å². The fourth-order valence-electron chi connectivity index (χ4n) is 1.95. The molecule has 1 unspecified atom stereocenters. The summed E-state index contributed by atoms with van der Waals surface area (Å²) in [5.74, 6) is -0.278. The summed E-state index contributed by atoms with van der Waals surface area (Å²) in [6.45, 7) is 1.66. The quantitative estimate of drug-likeness (QED) is 0.774. The maximum Gasteiger partial charge on any atom is 0.416 e. The summed E-state index contributed by atoms with van der Waals surface area (Å²) in [6.07, 6.45) is -4.99. The van der Waals surface area contributed by atoms with Crippen LogP contribution in [0.25, 0.3) is 0 Å². The number of rotatable bonds is 2. The molecular weight excluding hydrogens is 259 g/mol. The van der Waals surface area contributed by atoms with Gasteiger partial charge in [0.15, 0.2) is 5.78 Å². The second-order valence-electron chi connectivity index (χ2n) is 4.56. The molecule has 0 N–H and O–H groups in total. The Morgan fingerprint density at radius 2 is 1.95 bits per heavy atom. The second-order valence-corrected chi connectivity index (χ2v) is 4.56. The van der Waals surface area contributed by atoms with Crippen molar-refractivity contribution >= 4 is 5.78 Å². The highest BCUT2D eigenvalue weighted by Crippen LogP contribution is 2.29. The van der Waals surface area contributed by atoms with E-state index in [1.165, 1.54) is 12.1 Å². The number of benzene rings is 1. The Morgan fingerprint density at radius 3 is 2.47 bits per heavy atom. The minimum Gasteiger partial charge on any atom is -0.367 e. The van der Waals surface area contributed by atoms with Crippen LogP contribution in [0.15, 0.2) is 24.3 Å². The molecule has 6 heteroatoms. The highest BCUT2D eigenvalue weighted by atomic mass is 19.4. The van der Waals surface area contributed by atoms with Gasteiger partial charge >= 0.3 is 6.18 Å². The van der Waals surface area contributed by atoms with Crippen molar-refractivity contribution < 1.29 is 22.7 Å². The van der Waals surface area contributed by atoms with Gasteiger partial charge in [-0.1, -0.05) is 12.1 Å². The number of Topliss-reactive ketones (excluding diaryl/α,β-unsaturated/α-hetero) is 1. The zero-order valence-corrected chi connectivity index (χ0v) is 10.4. The first-order valence-electron chi connectivity index (χ1n) is 5.89. The standard InChI is InChI=1S/C13H14F3NO2/c1-17-6-7-19-11(8-17)12(18)9-2-4-10(5-3-9)13(14,15)16/h2-5,11H,6-8H2,1H3. The van der Waals surface area contributed by atoms with Crippen molar-refractivity contribution in [1.82, 2.24) is 4.90 Å². The van der Waals surface area contributed by atoms with Crippen molar-refractivity contribution in [3.63, 3.8) is 0 Å². The minimum atomic E-state index is -4.39. The van der Waals surface area contributed by atoms with Crippen LogP contribution in [0.4, 0.5) is 13.2 Å². The van der Waals surface area contributed by atoms with E-state index in [2.05, 4.69) is 0 Å². The van der Waals surface area contributed by atoms with E-state index in [-0.39, 0.29) is 11.3 Å². The lowest BCUT2D eigenvalue weighted by Crippen LogP contribution is -2.44. The van der Waals surface area contributed by atoms with Crippen LogP contribution in [-0.4, -0.2) is 43.5 Å². The molecule has 0 radical (unpaired) electrons. The van der Waals surface area contributed by atoms with Crippen molar-refractivity contribution in [3.8, 4) is 0 Å². The van der Waals surface area contributed by atoms with Gasteiger partial charge in [0.1, 0.15) is 6.10 Å². The van der Waals surface area contributed by atoms with Crippen LogP contribution in [0.3, 0.4) is 0 Å². The SMILES string of the molecule is CN1CCOC(C(=O)c2ccc(C(F)(F)F)cc2)C1. The Morgan fingerprint density at radius 1 is 1.32 bits per heavy atom. The maximum atomic E-state index is 12.4. The van der Waals surface area contributed by atoms with E-state index < -0.39 is 17.8 Å². The average molecular weight is 273 g/mol. The van der Waals surface area contributed by atoms with Crippen molar-refractivity contribution in [2.45, 2.75) is 12.3 Å². The molecule has 1 atom stereocenters. The zero-order chi connectivity index (χ0) is 14.0. The Kier molecular flexibility index (Phi) is 3.91. The zero-order valence-electron chi connectivity index (χ0n) is 10.4. The number of carbonyl (C=O) groups excluding carboxylic acids is 1. The number of hydrogen-bond donors (Lipinski definition) is 0. The van der Waals surface area contributed by atoms with E-state index in [0.29, 0.717) is 13.2 Å². The second kappa shape index (κ2) is 5.30. The summed E-state index contributed by atoms with van der Waals surface area (Å²) < 4.78 is 42.6. The molecule has 1 heterocycles. The summed E-state index contributed by atoms with van der Waals surface area (Å²) in [6, 6.07) is 4.23. The van der Waals surface area contributed by atoms with Gasteiger partial charge in [0.2, 0.25) is 0 Å². The first-order valence-corrected chi connectivity index (χ1v) is 5.89. The summed E-state index contributed by atoms with van der Waals surface area (Å²) >= 11 is 0. The van der Waals surface area contributed by atoms with Crippen LogP contribution < -0.4 is 0 Å².